The molecule has 1 heterocycles. The van der Waals surface area contributed by atoms with Crippen LogP contribution in [-0.2, 0) is 11.5 Å². The first-order valence-corrected chi connectivity index (χ1v) is 5.18. The van der Waals surface area contributed by atoms with E-state index in [0.717, 1.165) is 11.4 Å². The maximum Gasteiger partial charge on any atom is 0.197 e. The van der Waals surface area contributed by atoms with E-state index < -0.39 is 11.5 Å². The van der Waals surface area contributed by atoms with Crippen molar-refractivity contribution in [1.29, 1.82) is 0 Å². The summed E-state index contributed by atoms with van der Waals surface area (Å²) in [5.41, 5.74) is 3.27. The highest BCUT2D eigenvalue weighted by molar-refractivity contribution is 7.94. The Morgan fingerprint density at radius 1 is 1.15 bits per heavy atom. The second kappa shape index (κ2) is 2.82. The van der Waals surface area contributed by atoms with Crippen LogP contribution in [0.3, 0.4) is 0 Å². The van der Waals surface area contributed by atoms with Crippen molar-refractivity contribution < 1.29 is 4.55 Å². The quantitative estimate of drug-likeness (QED) is 0.588. The molecule has 1 atom stereocenters. The van der Waals surface area contributed by atoms with Crippen molar-refractivity contribution in [1.82, 2.24) is 0 Å². The predicted octanol–water partition coefficient (Wildman–Crippen LogP) is 1.46. The highest BCUT2D eigenvalue weighted by Gasteiger charge is 2.34. The molecule has 1 aliphatic rings. The van der Waals surface area contributed by atoms with Crippen molar-refractivity contribution in [2.24, 2.45) is 0 Å². The summed E-state index contributed by atoms with van der Waals surface area (Å²) in [6, 6.07) is 6.09. The number of benzene rings is 1. The molecule has 0 amide bonds. The van der Waals surface area contributed by atoms with E-state index in [4.69, 9.17) is 0 Å². The predicted molar refractivity (Wildman–Crippen MR) is 56.1 cm³/mol. The summed E-state index contributed by atoms with van der Waals surface area (Å²) in [5, 5.41) is 0. The van der Waals surface area contributed by atoms with E-state index in [2.05, 4.69) is 6.07 Å². The van der Waals surface area contributed by atoms with Crippen molar-refractivity contribution >= 4 is 22.9 Å². The molecule has 0 bridgehead atoms. The average molecular weight is 196 g/mol. The van der Waals surface area contributed by atoms with Crippen molar-refractivity contribution in [2.45, 2.75) is 6.92 Å². The molecule has 2 rings (SSSR count). The zero-order valence-electron chi connectivity index (χ0n) is 7.94. The third kappa shape index (κ3) is 1.17. The van der Waals surface area contributed by atoms with Crippen LogP contribution in [0.4, 0.5) is 11.4 Å². The Labute approximate surface area is 81.4 Å². The molecule has 1 aliphatic heterocycles. The van der Waals surface area contributed by atoms with Crippen LogP contribution >= 0.6 is 0 Å². The fourth-order valence-corrected chi connectivity index (χ4v) is 2.51. The number of anilines is 2. The number of nitrogens with zero attached hydrogens (tertiary/aromatic N) is 2. The van der Waals surface area contributed by atoms with E-state index in [9.17, 15) is 4.55 Å². The monoisotopic (exact) mass is 196 g/mol. The van der Waals surface area contributed by atoms with E-state index in [1.54, 1.807) is 8.61 Å². The minimum Gasteiger partial charge on any atom is -0.568 e. The lowest BCUT2D eigenvalue weighted by Crippen LogP contribution is -2.32. The molecule has 0 aliphatic carbocycles. The largest absolute Gasteiger partial charge is 0.568 e. The van der Waals surface area contributed by atoms with Gasteiger partial charge in [-0.25, -0.2) is 0 Å². The molecular weight excluding hydrogens is 184 g/mol. The highest BCUT2D eigenvalue weighted by atomic mass is 32.2. The van der Waals surface area contributed by atoms with E-state index in [1.807, 2.05) is 33.2 Å². The van der Waals surface area contributed by atoms with E-state index >= 15 is 0 Å². The summed E-state index contributed by atoms with van der Waals surface area (Å²) >= 11 is -1.05. The van der Waals surface area contributed by atoms with Gasteiger partial charge in [-0.05, 0) is 24.6 Å². The Morgan fingerprint density at radius 2 is 1.77 bits per heavy atom. The summed E-state index contributed by atoms with van der Waals surface area (Å²) in [6.07, 6.45) is 0. The van der Waals surface area contributed by atoms with E-state index in [0.29, 0.717) is 0 Å². The van der Waals surface area contributed by atoms with Gasteiger partial charge in [-0.15, -0.1) is 0 Å². The fourth-order valence-electron chi connectivity index (χ4n) is 1.50. The lowest BCUT2D eigenvalue weighted by molar-refractivity contribution is 0.594. The number of fused-ring (bicyclic) bond motifs is 1. The summed E-state index contributed by atoms with van der Waals surface area (Å²) < 4.78 is 15.2. The average Bonchev–Trinajstić information content (AvgIpc) is 2.32. The van der Waals surface area contributed by atoms with Crippen LogP contribution in [0.25, 0.3) is 0 Å². The maximum absolute atomic E-state index is 11.6. The second-order valence-electron chi connectivity index (χ2n) is 3.22. The minimum atomic E-state index is -1.05. The van der Waals surface area contributed by atoms with Gasteiger partial charge in [-0.3, -0.25) is 0 Å². The SMILES string of the molecule is Cc1ccc2c(c1)N(C)[S+]([O-])N2C. The number of rotatable bonds is 0. The molecule has 1 aromatic carbocycles. The third-order valence-electron chi connectivity index (χ3n) is 2.28. The molecule has 0 fully saturated rings. The molecule has 3 nitrogen and oxygen atoms in total. The van der Waals surface area contributed by atoms with Gasteiger partial charge in [0.2, 0.25) is 0 Å². The van der Waals surface area contributed by atoms with Crippen molar-refractivity contribution in [3.8, 4) is 0 Å². The van der Waals surface area contributed by atoms with Gasteiger partial charge in [0.1, 0.15) is 11.4 Å². The molecule has 0 saturated heterocycles. The van der Waals surface area contributed by atoms with Crippen molar-refractivity contribution in [3.63, 3.8) is 0 Å². The van der Waals surface area contributed by atoms with Gasteiger partial charge in [0.05, 0.1) is 14.1 Å². The van der Waals surface area contributed by atoms with Crippen LogP contribution < -0.4 is 8.61 Å². The lowest BCUT2D eigenvalue weighted by Gasteiger charge is -2.15. The van der Waals surface area contributed by atoms with Gasteiger partial charge in [0.15, 0.2) is 11.5 Å². The Kier molecular flexibility index (Phi) is 1.89. The Morgan fingerprint density at radius 3 is 2.46 bits per heavy atom. The van der Waals surface area contributed by atoms with Crippen molar-refractivity contribution in [2.75, 3.05) is 22.7 Å². The highest BCUT2D eigenvalue weighted by Crippen LogP contribution is 2.38. The van der Waals surface area contributed by atoms with Gasteiger partial charge in [-0.1, -0.05) is 6.07 Å². The van der Waals surface area contributed by atoms with Crippen LogP contribution in [0.2, 0.25) is 0 Å². The van der Waals surface area contributed by atoms with Gasteiger partial charge in [-0.2, -0.15) is 8.61 Å². The molecular formula is C9H12N2OS. The lowest BCUT2D eigenvalue weighted by atomic mass is 10.2. The molecule has 0 radical (unpaired) electrons. The van der Waals surface area contributed by atoms with Gasteiger partial charge in [0, 0.05) is 0 Å². The number of aryl methyl sites for hydroxylation is 1. The summed E-state index contributed by atoms with van der Waals surface area (Å²) in [6.45, 7) is 2.04. The molecule has 70 valence electrons. The normalized spacial score (nSPS) is 20.8. The van der Waals surface area contributed by atoms with Crippen LogP contribution in [0, 0.1) is 6.92 Å². The second-order valence-corrected chi connectivity index (χ2v) is 4.77. The molecule has 13 heavy (non-hydrogen) atoms. The third-order valence-corrected chi connectivity index (χ3v) is 3.61. The molecule has 0 spiro atoms. The topological polar surface area (TPSA) is 29.5 Å². The van der Waals surface area contributed by atoms with Gasteiger partial charge < -0.3 is 4.55 Å². The van der Waals surface area contributed by atoms with Crippen LogP contribution in [0.5, 0.6) is 0 Å². The maximum atomic E-state index is 11.6. The first-order chi connectivity index (χ1) is 6.11. The zero-order chi connectivity index (χ0) is 9.59. The minimum absolute atomic E-state index is 1.03. The van der Waals surface area contributed by atoms with E-state index in [1.165, 1.54) is 5.56 Å². The molecule has 1 unspecified atom stereocenters. The molecule has 1 aromatic rings. The Balaban J connectivity index is 2.54. The zero-order valence-corrected chi connectivity index (χ0v) is 8.76. The summed E-state index contributed by atoms with van der Waals surface area (Å²) in [4.78, 5) is 0. The Hall–Kier alpha value is -0.870. The number of hydrogen-bond donors (Lipinski definition) is 0. The standard InChI is InChI=1S/C9H12N2OS/c1-7-4-5-8-9(6-7)11(3)13(12)10(8)2/h4-6H,1-3H3. The molecule has 0 aromatic heterocycles. The van der Waals surface area contributed by atoms with Crippen LogP contribution in [-0.4, -0.2) is 18.6 Å². The fraction of sp³-hybridized carbons (Fsp3) is 0.333. The number of hydrogen-bond acceptors (Lipinski definition) is 3. The van der Waals surface area contributed by atoms with Gasteiger partial charge >= 0.3 is 0 Å². The van der Waals surface area contributed by atoms with E-state index in [-0.39, 0.29) is 0 Å². The molecule has 4 heteroatoms. The summed E-state index contributed by atoms with van der Waals surface area (Å²) in [7, 11) is 3.69. The molecule has 0 N–H and O–H groups in total. The molecule has 0 saturated carbocycles. The first-order valence-electron chi connectivity index (χ1n) is 4.11. The smallest absolute Gasteiger partial charge is 0.197 e. The van der Waals surface area contributed by atoms with Gasteiger partial charge in [0.25, 0.3) is 0 Å². The van der Waals surface area contributed by atoms with Crippen molar-refractivity contribution in [3.05, 3.63) is 23.8 Å². The van der Waals surface area contributed by atoms with Crippen LogP contribution in [0.1, 0.15) is 5.56 Å². The summed E-state index contributed by atoms with van der Waals surface area (Å²) in [5.74, 6) is 0. The Bertz CT molecular complexity index is 342. The van der Waals surface area contributed by atoms with Crippen LogP contribution in [0.15, 0.2) is 18.2 Å². The first kappa shape index (κ1) is 8.72.